The molecule has 0 spiro atoms. The van der Waals surface area contributed by atoms with Crippen molar-refractivity contribution in [2.45, 2.75) is 26.8 Å². The molecule has 0 saturated carbocycles. The lowest BCUT2D eigenvalue weighted by molar-refractivity contribution is -0.116. The predicted octanol–water partition coefficient (Wildman–Crippen LogP) is 1.21. The van der Waals surface area contributed by atoms with E-state index < -0.39 is 0 Å². The highest BCUT2D eigenvalue weighted by Gasteiger charge is 2.08. The highest BCUT2D eigenvalue weighted by molar-refractivity contribution is 7.15. The highest BCUT2D eigenvalue weighted by Crippen LogP contribution is 2.15. The molecule has 100 valence electrons. The number of hydrogen-bond donors (Lipinski definition) is 1. The number of pyridine rings is 1. The molecule has 2 aromatic rings. The maximum Gasteiger partial charge on any atom is 0.251 e. The zero-order valence-corrected chi connectivity index (χ0v) is 11.5. The van der Waals surface area contributed by atoms with Gasteiger partial charge in [-0.25, -0.2) is 0 Å². The molecule has 0 atom stereocenters. The summed E-state index contributed by atoms with van der Waals surface area (Å²) >= 11 is 1.34. The van der Waals surface area contributed by atoms with Crippen LogP contribution in [0.4, 0.5) is 5.13 Å². The van der Waals surface area contributed by atoms with Gasteiger partial charge in [0.05, 0.1) is 0 Å². The molecule has 2 aromatic heterocycles. The Hall–Kier alpha value is -2.02. The summed E-state index contributed by atoms with van der Waals surface area (Å²) in [5, 5.41) is 11.7. The molecule has 6 nitrogen and oxygen atoms in total. The van der Waals surface area contributed by atoms with E-state index in [1.54, 1.807) is 12.3 Å². The van der Waals surface area contributed by atoms with Gasteiger partial charge in [0, 0.05) is 12.3 Å². The van der Waals surface area contributed by atoms with Gasteiger partial charge in [-0.05, 0) is 18.9 Å². The summed E-state index contributed by atoms with van der Waals surface area (Å²) in [6.45, 7) is 3.81. The fraction of sp³-hybridized carbons (Fsp3) is 0.333. The number of carbonyl (C=O) groups is 1. The zero-order chi connectivity index (χ0) is 13.8. The third-order valence-corrected chi connectivity index (χ3v) is 3.44. The Balaban J connectivity index is 2.05. The van der Waals surface area contributed by atoms with E-state index >= 15 is 0 Å². The van der Waals surface area contributed by atoms with Crippen molar-refractivity contribution < 1.29 is 4.79 Å². The number of rotatable bonds is 4. The molecular weight excluding hydrogens is 264 g/mol. The van der Waals surface area contributed by atoms with E-state index in [2.05, 4.69) is 15.5 Å². The lowest BCUT2D eigenvalue weighted by atomic mass is 10.3. The number of aromatic nitrogens is 3. The molecule has 0 unspecified atom stereocenters. The number of nitrogens with one attached hydrogen (secondary N) is 1. The second-order valence-electron chi connectivity index (χ2n) is 4.08. The van der Waals surface area contributed by atoms with Crippen LogP contribution in [0.15, 0.2) is 23.1 Å². The van der Waals surface area contributed by atoms with Gasteiger partial charge in [0.15, 0.2) is 0 Å². The molecule has 0 saturated heterocycles. The molecule has 0 aliphatic rings. The van der Waals surface area contributed by atoms with E-state index in [1.807, 2.05) is 13.8 Å². The Morgan fingerprint density at radius 1 is 1.42 bits per heavy atom. The normalized spacial score (nSPS) is 10.4. The van der Waals surface area contributed by atoms with Gasteiger partial charge in [0.25, 0.3) is 5.56 Å². The third-order valence-electron chi connectivity index (χ3n) is 2.46. The van der Waals surface area contributed by atoms with Crippen LogP contribution in [0.5, 0.6) is 0 Å². The van der Waals surface area contributed by atoms with Crippen molar-refractivity contribution in [1.82, 2.24) is 14.8 Å². The van der Waals surface area contributed by atoms with E-state index in [4.69, 9.17) is 0 Å². The third kappa shape index (κ3) is 3.47. The summed E-state index contributed by atoms with van der Waals surface area (Å²) in [5.74, 6) is -0.286. The number of aryl methyl sites for hydroxylation is 2. The first-order valence-corrected chi connectivity index (χ1v) is 6.69. The van der Waals surface area contributed by atoms with Gasteiger partial charge in [-0.3, -0.25) is 14.9 Å². The van der Waals surface area contributed by atoms with Gasteiger partial charge in [0.2, 0.25) is 11.0 Å². The summed E-state index contributed by atoms with van der Waals surface area (Å²) in [4.78, 5) is 23.4. The summed E-state index contributed by atoms with van der Waals surface area (Å²) in [6, 6.07) is 3.16. The first kappa shape index (κ1) is 13.4. The summed E-state index contributed by atoms with van der Waals surface area (Å²) in [6.07, 6.45) is 2.43. The smallest absolute Gasteiger partial charge is 0.251 e. The second-order valence-corrected chi connectivity index (χ2v) is 5.14. The average Bonchev–Trinajstić information content (AvgIpc) is 2.81. The minimum Gasteiger partial charge on any atom is -0.306 e. The van der Waals surface area contributed by atoms with E-state index in [1.165, 1.54) is 22.0 Å². The van der Waals surface area contributed by atoms with Crippen molar-refractivity contribution in [2.24, 2.45) is 0 Å². The Morgan fingerprint density at radius 2 is 2.21 bits per heavy atom. The lowest BCUT2D eigenvalue weighted by Crippen LogP contribution is -2.26. The summed E-state index contributed by atoms with van der Waals surface area (Å²) in [7, 11) is 0. The molecule has 0 bridgehead atoms. The van der Waals surface area contributed by atoms with Gasteiger partial charge in [-0.2, -0.15) is 0 Å². The van der Waals surface area contributed by atoms with Crippen molar-refractivity contribution in [3.63, 3.8) is 0 Å². The molecule has 0 radical (unpaired) electrons. The lowest BCUT2D eigenvalue weighted by Gasteiger charge is -2.05. The van der Waals surface area contributed by atoms with Gasteiger partial charge in [-0.15, -0.1) is 10.2 Å². The Kier molecular flexibility index (Phi) is 4.06. The molecule has 0 aliphatic heterocycles. The first-order chi connectivity index (χ1) is 9.08. The molecule has 0 aromatic carbocycles. The van der Waals surface area contributed by atoms with Gasteiger partial charge < -0.3 is 4.57 Å². The first-order valence-electron chi connectivity index (χ1n) is 5.88. The quantitative estimate of drug-likeness (QED) is 0.912. The van der Waals surface area contributed by atoms with Crippen molar-refractivity contribution in [2.75, 3.05) is 5.32 Å². The average molecular weight is 278 g/mol. The van der Waals surface area contributed by atoms with E-state index in [-0.39, 0.29) is 18.0 Å². The van der Waals surface area contributed by atoms with Crippen LogP contribution in [0.1, 0.15) is 17.5 Å². The molecule has 1 amide bonds. The number of hydrogen-bond acceptors (Lipinski definition) is 5. The van der Waals surface area contributed by atoms with Crippen LogP contribution in [-0.2, 0) is 17.8 Å². The minimum atomic E-state index is -0.286. The highest BCUT2D eigenvalue weighted by atomic mass is 32.1. The van der Waals surface area contributed by atoms with Crippen LogP contribution in [0.2, 0.25) is 0 Å². The molecule has 7 heteroatoms. The van der Waals surface area contributed by atoms with Crippen LogP contribution in [0, 0.1) is 6.92 Å². The minimum absolute atomic E-state index is 0.0262. The van der Waals surface area contributed by atoms with Crippen LogP contribution in [-0.4, -0.2) is 20.7 Å². The largest absolute Gasteiger partial charge is 0.306 e. The number of amides is 1. The number of nitrogens with zero attached hydrogens (tertiary/aromatic N) is 3. The molecule has 1 N–H and O–H groups in total. The molecule has 19 heavy (non-hydrogen) atoms. The van der Waals surface area contributed by atoms with Crippen molar-refractivity contribution in [1.29, 1.82) is 0 Å². The molecule has 0 aliphatic carbocycles. The second kappa shape index (κ2) is 5.75. The standard InChI is InChI=1S/C12H14N4O2S/c1-3-10-14-15-12(19-10)13-9(17)7-16-6-8(2)4-5-11(16)18/h4-6H,3,7H2,1-2H3,(H,13,15,17). The van der Waals surface area contributed by atoms with E-state index in [0.717, 1.165) is 17.0 Å². The summed E-state index contributed by atoms with van der Waals surface area (Å²) in [5.41, 5.74) is 0.726. The fourth-order valence-electron chi connectivity index (χ4n) is 1.54. The summed E-state index contributed by atoms with van der Waals surface area (Å²) < 4.78 is 1.37. The van der Waals surface area contributed by atoms with Crippen molar-refractivity contribution >= 4 is 22.4 Å². The topological polar surface area (TPSA) is 76.9 Å². The number of carbonyl (C=O) groups excluding carboxylic acids is 1. The van der Waals surface area contributed by atoms with Crippen molar-refractivity contribution in [3.05, 3.63) is 39.3 Å². The Labute approximate surface area is 114 Å². The zero-order valence-electron chi connectivity index (χ0n) is 10.7. The maximum absolute atomic E-state index is 11.8. The number of anilines is 1. The van der Waals surface area contributed by atoms with Gasteiger partial charge >= 0.3 is 0 Å². The predicted molar refractivity (Wildman–Crippen MR) is 73.4 cm³/mol. The van der Waals surface area contributed by atoms with Crippen LogP contribution in [0.3, 0.4) is 0 Å². The fourth-order valence-corrected chi connectivity index (χ4v) is 2.23. The molecule has 0 fully saturated rings. The van der Waals surface area contributed by atoms with E-state index in [0.29, 0.717) is 5.13 Å². The SMILES string of the molecule is CCc1nnc(NC(=O)Cn2cc(C)ccc2=O)s1. The van der Waals surface area contributed by atoms with Crippen LogP contribution < -0.4 is 10.9 Å². The Bertz CT molecular complexity index is 647. The van der Waals surface area contributed by atoms with Crippen molar-refractivity contribution in [3.8, 4) is 0 Å². The maximum atomic E-state index is 11.8. The molecule has 2 rings (SSSR count). The van der Waals surface area contributed by atoms with Gasteiger partial charge in [0.1, 0.15) is 11.6 Å². The monoisotopic (exact) mass is 278 g/mol. The molecular formula is C12H14N4O2S. The van der Waals surface area contributed by atoms with Crippen LogP contribution in [0.25, 0.3) is 0 Å². The Morgan fingerprint density at radius 3 is 2.89 bits per heavy atom. The van der Waals surface area contributed by atoms with Crippen LogP contribution >= 0.6 is 11.3 Å². The van der Waals surface area contributed by atoms with E-state index in [9.17, 15) is 9.59 Å². The molecule has 2 heterocycles. The van der Waals surface area contributed by atoms with Gasteiger partial charge in [-0.1, -0.05) is 24.3 Å².